The van der Waals surface area contributed by atoms with Crippen LogP contribution in [0.25, 0.3) is 10.8 Å². The average Bonchev–Trinajstić information content (AvgIpc) is 2.68. The van der Waals surface area contributed by atoms with E-state index in [9.17, 15) is 4.79 Å². The number of hydrogen-bond acceptors (Lipinski definition) is 3. The monoisotopic (exact) mass is 369 g/mol. The van der Waals surface area contributed by atoms with Crippen molar-refractivity contribution < 1.29 is 14.3 Å². The molecule has 26 heavy (non-hydrogen) atoms. The van der Waals surface area contributed by atoms with Crippen LogP contribution in [0.5, 0.6) is 5.75 Å². The number of amides is 1. The average molecular weight is 370 g/mol. The van der Waals surface area contributed by atoms with Gasteiger partial charge in [0.1, 0.15) is 11.9 Å². The van der Waals surface area contributed by atoms with Gasteiger partial charge in [-0.3, -0.25) is 4.79 Å². The Bertz CT molecular complexity index is 897. The van der Waals surface area contributed by atoms with E-state index in [1.807, 2.05) is 60.7 Å². The number of rotatable bonds is 7. The van der Waals surface area contributed by atoms with Gasteiger partial charge >= 0.3 is 0 Å². The number of nitrogens with one attached hydrogen (secondary N) is 1. The third-order valence-corrected chi connectivity index (χ3v) is 4.46. The predicted octanol–water partition coefficient (Wildman–Crippen LogP) is 4.38. The number of ether oxygens (including phenoxy) is 2. The molecule has 4 nitrogen and oxygen atoms in total. The molecule has 3 aromatic carbocycles. The van der Waals surface area contributed by atoms with Crippen LogP contribution in [0, 0.1) is 0 Å². The first-order chi connectivity index (χ1) is 12.7. The summed E-state index contributed by atoms with van der Waals surface area (Å²) in [5.74, 6) is 0.445. The molecule has 3 aromatic rings. The Hall–Kier alpha value is -2.56. The van der Waals surface area contributed by atoms with Gasteiger partial charge in [-0.05, 0) is 29.0 Å². The number of hydrogen-bond donors (Lipinski definition) is 1. The molecule has 0 spiro atoms. The molecule has 0 radical (unpaired) electrons. The first kappa shape index (κ1) is 18.2. The maximum atomic E-state index is 12.1. The fourth-order valence-corrected chi connectivity index (χ4v) is 2.98. The van der Waals surface area contributed by atoms with Crippen molar-refractivity contribution in [1.82, 2.24) is 5.32 Å². The van der Waals surface area contributed by atoms with Gasteiger partial charge in [0.05, 0.1) is 0 Å². The molecule has 0 saturated carbocycles. The minimum Gasteiger partial charge on any atom is -0.484 e. The molecule has 0 aliphatic heterocycles. The van der Waals surface area contributed by atoms with E-state index < -0.39 is 0 Å². The van der Waals surface area contributed by atoms with Crippen LogP contribution >= 0.6 is 11.6 Å². The summed E-state index contributed by atoms with van der Waals surface area (Å²) in [6.45, 7) is 0.261. The van der Waals surface area contributed by atoms with Crippen LogP contribution in [0.3, 0.4) is 0 Å². The lowest BCUT2D eigenvalue weighted by Gasteiger charge is -2.18. The van der Waals surface area contributed by atoms with E-state index in [1.54, 1.807) is 13.2 Å². The fraction of sp³-hybridized carbons (Fsp3) is 0.190. The van der Waals surface area contributed by atoms with Crippen molar-refractivity contribution in [2.75, 3.05) is 20.3 Å². The Morgan fingerprint density at radius 2 is 1.77 bits per heavy atom. The number of carbonyl (C=O) groups is 1. The van der Waals surface area contributed by atoms with Crippen molar-refractivity contribution in [1.29, 1.82) is 0 Å². The summed E-state index contributed by atoms with van der Waals surface area (Å²) in [4.78, 5) is 12.1. The van der Waals surface area contributed by atoms with Gasteiger partial charge in [-0.25, -0.2) is 0 Å². The van der Waals surface area contributed by atoms with E-state index in [0.29, 0.717) is 17.3 Å². The van der Waals surface area contributed by atoms with Gasteiger partial charge in [-0.2, -0.15) is 0 Å². The van der Waals surface area contributed by atoms with Crippen LogP contribution in [-0.2, 0) is 9.53 Å². The molecule has 134 valence electrons. The zero-order chi connectivity index (χ0) is 18.4. The fourth-order valence-electron chi connectivity index (χ4n) is 2.72. The minimum atomic E-state index is -0.312. The summed E-state index contributed by atoms with van der Waals surface area (Å²) in [6, 6.07) is 21.2. The van der Waals surface area contributed by atoms with Crippen LogP contribution < -0.4 is 10.1 Å². The molecule has 0 bridgehead atoms. The smallest absolute Gasteiger partial charge is 0.258 e. The zero-order valence-electron chi connectivity index (χ0n) is 14.4. The van der Waals surface area contributed by atoms with Gasteiger partial charge in [-0.15, -0.1) is 0 Å². The van der Waals surface area contributed by atoms with Crippen LogP contribution in [-0.4, -0.2) is 26.2 Å². The Kier molecular flexibility index (Phi) is 6.10. The number of halogens is 1. The molecule has 1 unspecified atom stereocenters. The van der Waals surface area contributed by atoms with Gasteiger partial charge in [0.2, 0.25) is 0 Å². The largest absolute Gasteiger partial charge is 0.484 e. The zero-order valence-corrected chi connectivity index (χ0v) is 15.2. The Labute approximate surface area is 157 Å². The molecule has 1 N–H and O–H groups in total. The van der Waals surface area contributed by atoms with Crippen molar-refractivity contribution in [2.45, 2.75) is 6.10 Å². The summed E-state index contributed by atoms with van der Waals surface area (Å²) in [7, 11) is 1.59. The summed E-state index contributed by atoms with van der Waals surface area (Å²) in [5.41, 5.74) is 0.840. The highest BCUT2D eigenvalue weighted by molar-refractivity contribution is 6.31. The lowest BCUT2D eigenvalue weighted by molar-refractivity contribution is -0.123. The minimum absolute atomic E-state index is 0.0582. The quantitative estimate of drug-likeness (QED) is 0.672. The van der Waals surface area contributed by atoms with Gasteiger partial charge in [-0.1, -0.05) is 60.1 Å². The van der Waals surface area contributed by atoms with E-state index in [1.165, 1.54) is 0 Å². The van der Waals surface area contributed by atoms with E-state index >= 15 is 0 Å². The standard InChI is InChI=1S/C21H20ClNO3/c1-25-20(18-8-4-5-9-19(18)22)13-23-21(24)14-26-17-11-10-15-6-2-3-7-16(15)12-17/h2-12,20H,13-14H2,1H3,(H,23,24). The molecular weight excluding hydrogens is 350 g/mol. The summed E-state index contributed by atoms with van der Waals surface area (Å²) in [6.07, 6.45) is -0.312. The lowest BCUT2D eigenvalue weighted by atomic mass is 10.1. The van der Waals surface area contributed by atoms with Gasteiger partial charge in [0, 0.05) is 24.2 Å². The van der Waals surface area contributed by atoms with Gasteiger partial charge < -0.3 is 14.8 Å². The highest BCUT2D eigenvalue weighted by Gasteiger charge is 2.15. The molecule has 0 aliphatic rings. The Morgan fingerprint density at radius 3 is 2.54 bits per heavy atom. The second kappa shape index (κ2) is 8.70. The van der Waals surface area contributed by atoms with Crippen LogP contribution in [0.4, 0.5) is 0 Å². The first-order valence-corrected chi connectivity index (χ1v) is 8.70. The molecule has 0 saturated heterocycles. The topological polar surface area (TPSA) is 47.6 Å². The lowest BCUT2D eigenvalue weighted by Crippen LogP contribution is -2.33. The maximum absolute atomic E-state index is 12.1. The van der Waals surface area contributed by atoms with Crippen LogP contribution in [0.2, 0.25) is 5.02 Å². The number of fused-ring (bicyclic) bond motifs is 1. The third kappa shape index (κ3) is 4.54. The van der Waals surface area contributed by atoms with E-state index in [2.05, 4.69) is 5.32 Å². The maximum Gasteiger partial charge on any atom is 0.258 e. The summed E-state index contributed by atoms with van der Waals surface area (Å²) >= 11 is 6.18. The van der Waals surface area contributed by atoms with E-state index in [-0.39, 0.29) is 18.6 Å². The van der Waals surface area contributed by atoms with Crippen molar-refractivity contribution in [3.63, 3.8) is 0 Å². The number of methoxy groups -OCH3 is 1. The second-order valence-electron chi connectivity index (χ2n) is 5.85. The molecule has 3 rings (SSSR count). The molecule has 5 heteroatoms. The molecule has 0 fully saturated rings. The van der Waals surface area contributed by atoms with Crippen LogP contribution in [0.15, 0.2) is 66.7 Å². The second-order valence-corrected chi connectivity index (χ2v) is 6.25. The van der Waals surface area contributed by atoms with Gasteiger partial charge in [0.25, 0.3) is 5.91 Å². The molecule has 0 aliphatic carbocycles. The number of carbonyl (C=O) groups excluding carboxylic acids is 1. The third-order valence-electron chi connectivity index (χ3n) is 4.11. The SMILES string of the molecule is COC(CNC(=O)COc1ccc2ccccc2c1)c1ccccc1Cl. The van der Waals surface area contributed by atoms with Crippen molar-refractivity contribution >= 4 is 28.3 Å². The van der Waals surface area contributed by atoms with Gasteiger partial charge in [0.15, 0.2) is 6.61 Å². The molecule has 1 amide bonds. The normalized spacial score (nSPS) is 11.9. The van der Waals surface area contributed by atoms with Crippen molar-refractivity contribution in [2.24, 2.45) is 0 Å². The van der Waals surface area contributed by atoms with Crippen LogP contribution in [0.1, 0.15) is 11.7 Å². The first-order valence-electron chi connectivity index (χ1n) is 8.33. The van der Waals surface area contributed by atoms with E-state index in [4.69, 9.17) is 21.1 Å². The summed E-state index contributed by atoms with van der Waals surface area (Å²) in [5, 5.41) is 5.64. The summed E-state index contributed by atoms with van der Waals surface area (Å²) < 4.78 is 11.0. The predicted molar refractivity (Wildman–Crippen MR) is 104 cm³/mol. The Balaban J connectivity index is 1.54. The molecular formula is C21H20ClNO3. The van der Waals surface area contributed by atoms with E-state index in [0.717, 1.165) is 16.3 Å². The number of benzene rings is 3. The van der Waals surface area contributed by atoms with Crippen molar-refractivity contribution in [3.05, 3.63) is 77.3 Å². The molecule has 0 heterocycles. The van der Waals surface area contributed by atoms with Crippen molar-refractivity contribution in [3.8, 4) is 5.75 Å². The highest BCUT2D eigenvalue weighted by Crippen LogP contribution is 2.24. The molecule has 1 atom stereocenters. The molecule has 0 aromatic heterocycles. The highest BCUT2D eigenvalue weighted by atomic mass is 35.5. The Morgan fingerprint density at radius 1 is 1.04 bits per heavy atom.